The van der Waals surface area contributed by atoms with Crippen molar-refractivity contribution in [2.24, 2.45) is 10.9 Å². The molecule has 0 fully saturated rings. The predicted octanol–water partition coefficient (Wildman–Crippen LogP) is 4.39. The fourth-order valence-corrected chi connectivity index (χ4v) is 3.14. The lowest BCUT2D eigenvalue weighted by atomic mass is 10.0. The van der Waals surface area contributed by atoms with Gasteiger partial charge in [-0.25, -0.2) is 9.98 Å². The first-order valence-corrected chi connectivity index (χ1v) is 9.93. The van der Waals surface area contributed by atoms with E-state index in [0.717, 1.165) is 37.8 Å². The Morgan fingerprint density at radius 3 is 2.48 bits per heavy atom. The number of thiazole rings is 1. The number of aliphatic imine (C=N–C) groups is 1. The molecule has 0 spiro atoms. The summed E-state index contributed by atoms with van der Waals surface area (Å²) in [5.41, 5.74) is 1.04. The van der Waals surface area contributed by atoms with Gasteiger partial charge in [0.1, 0.15) is 0 Å². The highest BCUT2D eigenvalue weighted by Gasteiger charge is 2.13. The molecule has 1 rings (SSSR count). The minimum atomic E-state index is 0. The topological polar surface area (TPSA) is 58.5 Å². The SMILES string of the molecule is CCNC(=NCc1csc(C(C)C)n1)NCCC(OCC)C(C)C.I. The second-order valence-corrected chi connectivity index (χ2v) is 7.37. The molecule has 2 N–H and O–H groups in total. The molecule has 0 bridgehead atoms. The van der Waals surface area contributed by atoms with E-state index in [1.807, 2.05) is 6.92 Å². The molecule has 0 saturated heterocycles. The van der Waals surface area contributed by atoms with Crippen molar-refractivity contribution < 1.29 is 4.74 Å². The molecule has 1 aromatic rings. The highest BCUT2D eigenvalue weighted by Crippen LogP contribution is 2.19. The molecular formula is C18H35IN4OS. The number of nitrogens with one attached hydrogen (secondary N) is 2. The second kappa shape index (κ2) is 13.7. The Balaban J connectivity index is 0.00000576. The molecular weight excluding hydrogens is 447 g/mol. The lowest BCUT2D eigenvalue weighted by Crippen LogP contribution is -2.39. The Labute approximate surface area is 174 Å². The van der Waals surface area contributed by atoms with Gasteiger partial charge in [0.25, 0.3) is 0 Å². The van der Waals surface area contributed by atoms with Crippen LogP contribution in [-0.2, 0) is 11.3 Å². The Morgan fingerprint density at radius 1 is 1.24 bits per heavy atom. The fourth-order valence-electron chi connectivity index (χ4n) is 2.32. The summed E-state index contributed by atoms with van der Waals surface area (Å²) in [6.07, 6.45) is 1.27. The van der Waals surface area contributed by atoms with Gasteiger partial charge < -0.3 is 15.4 Å². The molecule has 0 amide bonds. The number of aromatic nitrogens is 1. The third kappa shape index (κ3) is 9.75. The molecule has 1 atom stereocenters. The molecule has 5 nitrogen and oxygen atoms in total. The lowest BCUT2D eigenvalue weighted by molar-refractivity contribution is 0.0258. The summed E-state index contributed by atoms with van der Waals surface area (Å²) in [4.78, 5) is 9.28. The van der Waals surface area contributed by atoms with Crippen molar-refractivity contribution in [1.82, 2.24) is 15.6 Å². The van der Waals surface area contributed by atoms with Crippen molar-refractivity contribution in [1.29, 1.82) is 0 Å². The molecule has 0 aliphatic rings. The maximum absolute atomic E-state index is 5.79. The van der Waals surface area contributed by atoms with Gasteiger partial charge in [-0.3, -0.25) is 0 Å². The molecule has 146 valence electrons. The van der Waals surface area contributed by atoms with Gasteiger partial charge in [0, 0.05) is 31.0 Å². The molecule has 1 unspecified atom stereocenters. The van der Waals surface area contributed by atoms with Gasteiger partial charge >= 0.3 is 0 Å². The number of nitrogens with zero attached hydrogens (tertiary/aromatic N) is 2. The molecule has 0 aliphatic heterocycles. The van der Waals surface area contributed by atoms with E-state index in [-0.39, 0.29) is 30.1 Å². The molecule has 1 aromatic heterocycles. The molecule has 0 saturated carbocycles. The first kappa shape index (κ1) is 24.6. The number of hydrogen-bond donors (Lipinski definition) is 2. The van der Waals surface area contributed by atoms with E-state index >= 15 is 0 Å². The summed E-state index contributed by atoms with van der Waals surface area (Å²) in [6.45, 7) is 15.9. The minimum Gasteiger partial charge on any atom is -0.378 e. The molecule has 25 heavy (non-hydrogen) atoms. The highest BCUT2D eigenvalue weighted by molar-refractivity contribution is 14.0. The zero-order chi connectivity index (χ0) is 17.9. The number of hydrogen-bond acceptors (Lipinski definition) is 4. The predicted molar refractivity (Wildman–Crippen MR) is 119 cm³/mol. The van der Waals surface area contributed by atoms with Gasteiger partial charge in [0.05, 0.1) is 23.4 Å². The standard InChI is InChI=1S/C18H34N4OS.HI/c1-7-19-18(20-10-9-16(13(3)4)23-8-2)21-11-15-12-24-17(22-15)14(5)6;/h12-14,16H,7-11H2,1-6H3,(H2,19,20,21);1H. The van der Waals surface area contributed by atoms with Crippen LogP contribution in [0.25, 0.3) is 0 Å². The summed E-state index contributed by atoms with van der Waals surface area (Å²) in [6, 6.07) is 0. The smallest absolute Gasteiger partial charge is 0.191 e. The van der Waals surface area contributed by atoms with Crippen LogP contribution in [0.2, 0.25) is 0 Å². The molecule has 0 aliphatic carbocycles. The summed E-state index contributed by atoms with van der Waals surface area (Å²) in [7, 11) is 0. The quantitative estimate of drug-likeness (QED) is 0.295. The fraction of sp³-hybridized carbons (Fsp3) is 0.778. The normalized spacial score (nSPS) is 13.0. The number of guanidine groups is 1. The Hall–Kier alpha value is -0.410. The van der Waals surface area contributed by atoms with Crippen molar-refractivity contribution in [3.05, 3.63) is 16.1 Å². The molecule has 7 heteroatoms. The van der Waals surface area contributed by atoms with Crippen molar-refractivity contribution in [2.45, 2.75) is 66.5 Å². The van der Waals surface area contributed by atoms with E-state index in [1.54, 1.807) is 11.3 Å². The van der Waals surface area contributed by atoms with Crippen LogP contribution < -0.4 is 10.6 Å². The van der Waals surface area contributed by atoms with E-state index in [9.17, 15) is 0 Å². The monoisotopic (exact) mass is 482 g/mol. The van der Waals surface area contributed by atoms with Crippen molar-refractivity contribution >= 4 is 41.3 Å². The van der Waals surface area contributed by atoms with Crippen molar-refractivity contribution in [3.8, 4) is 0 Å². The van der Waals surface area contributed by atoms with Crippen LogP contribution in [0.5, 0.6) is 0 Å². The maximum atomic E-state index is 5.79. The zero-order valence-electron chi connectivity index (χ0n) is 16.5. The van der Waals surface area contributed by atoms with Crippen LogP contribution >= 0.6 is 35.3 Å². The van der Waals surface area contributed by atoms with Gasteiger partial charge in [-0.1, -0.05) is 27.7 Å². The van der Waals surface area contributed by atoms with Crippen molar-refractivity contribution in [3.63, 3.8) is 0 Å². The van der Waals surface area contributed by atoms with E-state index in [1.165, 1.54) is 5.01 Å². The van der Waals surface area contributed by atoms with E-state index in [4.69, 9.17) is 4.74 Å². The first-order valence-electron chi connectivity index (χ1n) is 9.05. The molecule has 0 aromatic carbocycles. The second-order valence-electron chi connectivity index (χ2n) is 6.48. The van der Waals surface area contributed by atoms with Gasteiger partial charge in [-0.05, 0) is 26.2 Å². The van der Waals surface area contributed by atoms with Crippen LogP contribution in [0.1, 0.15) is 64.6 Å². The minimum absolute atomic E-state index is 0. The van der Waals surface area contributed by atoms with E-state index < -0.39 is 0 Å². The number of rotatable bonds is 10. The van der Waals surface area contributed by atoms with Crippen LogP contribution in [0, 0.1) is 5.92 Å². The largest absolute Gasteiger partial charge is 0.378 e. The maximum Gasteiger partial charge on any atom is 0.191 e. The third-order valence-corrected chi connectivity index (χ3v) is 4.85. The van der Waals surface area contributed by atoms with Gasteiger partial charge in [0.2, 0.25) is 0 Å². The number of halogens is 1. The summed E-state index contributed by atoms with van der Waals surface area (Å²) < 4.78 is 5.79. The van der Waals surface area contributed by atoms with Crippen LogP contribution in [0.15, 0.2) is 10.4 Å². The Kier molecular flexibility index (Phi) is 13.5. The average Bonchev–Trinajstić information content (AvgIpc) is 3.00. The zero-order valence-corrected chi connectivity index (χ0v) is 19.6. The molecule has 1 heterocycles. The third-order valence-electron chi connectivity index (χ3n) is 3.65. The Bertz CT molecular complexity index is 491. The van der Waals surface area contributed by atoms with Crippen LogP contribution in [0.3, 0.4) is 0 Å². The summed E-state index contributed by atoms with van der Waals surface area (Å²) >= 11 is 1.72. The highest BCUT2D eigenvalue weighted by atomic mass is 127. The van der Waals surface area contributed by atoms with Crippen LogP contribution in [0.4, 0.5) is 0 Å². The van der Waals surface area contributed by atoms with Gasteiger partial charge in [0.15, 0.2) is 5.96 Å². The first-order chi connectivity index (χ1) is 11.5. The van der Waals surface area contributed by atoms with Gasteiger partial charge in [-0.2, -0.15) is 0 Å². The van der Waals surface area contributed by atoms with E-state index in [0.29, 0.717) is 18.4 Å². The van der Waals surface area contributed by atoms with Crippen LogP contribution in [-0.4, -0.2) is 36.7 Å². The summed E-state index contributed by atoms with van der Waals surface area (Å²) in [5.74, 6) is 1.84. The average molecular weight is 482 g/mol. The van der Waals surface area contributed by atoms with Crippen molar-refractivity contribution in [2.75, 3.05) is 19.7 Å². The van der Waals surface area contributed by atoms with E-state index in [2.05, 4.69) is 60.6 Å². The lowest BCUT2D eigenvalue weighted by Gasteiger charge is -2.21. The number of ether oxygens (including phenoxy) is 1. The summed E-state index contributed by atoms with van der Waals surface area (Å²) in [5, 5.41) is 9.97. The molecule has 0 radical (unpaired) electrons. The Morgan fingerprint density at radius 2 is 1.96 bits per heavy atom. The van der Waals surface area contributed by atoms with Gasteiger partial charge in [-0.15, -0.1) is 35.3 Å².